The summed E-state index contributed by atoms with van der Waals surface area (Å²) in [6.07, 6.45) is 3.09. The summed E-state index contributed by atoms with van der Waals surface area (Å²) in [6.45, 7) is 1.21. The Bertz CT molecular complexity index is 519. The van der Waals surface area contributed by atoms with Crippen molar-refractivity contribution in [3.05, 3.63) is 39.9 Å². The Balaban J connectivity index is 2.08. The van der Waals surface area contributed by atoms with Gasteiger partial charge in [0.2, 0.25) is 5.91 Å². The van der Waals surface area contributed by atoms with E-state index in [1.165, 1.54) is 6.08 Å². The molecule has 0 saturated carbocycles. The zero-order chi connectivity index (χ0) is 14.5. The predicted octanol–water partition coefficient (Wildman–Crippen LogP) is 2.23. The van der Waals surface area contributed by atoms with E-state index in [2.05, 4.69) is 0 Å². The molecule has 1 atom stereocenters. The largest absolute Gasteiger partial charge is 0.394 e. The van der Waals surface area contributed by atoms with Crippen molar-refractivity contribution in [2.45, 2.75) is 6.04 Å². The minimum atomic E-state index is -0.290. The molecular weight excluding hydrogens is 301 g/mol. The second-order valence-electron chi connectivity index (χ2n) is 4.44. The summed E-state index contributed by atoms with van der Waals surface area (Å²) in [5.74, 6) is -0.168. The molecule has 1 amide bonds. The molecule has 0 aromatic heterocycles. The highest BCUT2D eigenvalue weighted by molar-refractivity contribution is 6.35. The van der Waals surface area contributed by atoms with Gasteiger partial charge in [-0.1, -0.05) is 29.3 Å². The number of hydrogen-bond donors (Lipinski definition) is 1. The number of aliphatic hydroxyl groups excluding tert-OH is 1. The maximum Gasteiger partial charge on any atom is 0.247 e. The van der Waals surface area contributed by atoms with E-state index >= 15 is 0 Å². The van der Waals surface area contributed by atoms with E-state index in [1.54, 1.807) is 29.2 Å². The van der Waals surface area contributed by atoms with Crippen molar-refractivity contribution in [1.29, 1.82) is 0 Å². The molecule has 0 aliphatic carbocycles. The highest BCUT2D eigenvalue weighted by atomic mass is 35.5. The van der Waals surface area contributed by atoms with Gasteiger partial charge in [0.15, 0.2) is 0 Å². The molecule has 1 aliphatic heterocycles. The van der Waals surface area contributed by atoms with E-state index in [9.17, 15) is 9.90 Å². The summed E-state index contributed by atoms with van der Waals surface area (Å²) in [6, 6.07) is 4.79. The Hall–Kier alpha value is -1.07. The molecule has 0 radical (unpaired) electrons. The second kappa shape index (κ2) is 7.09. The Kier molecular flexibility index (Phi) is 5.43. The number of carbonyl (C=O) groups is 1. The predicted molar refractivity (Wildman–Crippen MR) is 78.9 cm³/mol. The molecule has 4 nitrogen and oxygen atoms in total. The molecule has 1 aromatic rings. The van der Waals surface area contributed by atoms with E-state index in [0.717, 1.165) is 5.56 Å². The fourth-order valence-electron chi connectivity index (χ4n) is 1.99. The first-order chi connectivity index (χ1) is 9.61. The highest BCUT2D eigenvalue weighted by Gasteiger charge is 2.25. The number of benzene rings is 1. The third kappa shape index (κ3) is 3.73. The lowest BCUT2D eigenvalue weighted by Gasteiger charge is -2.33. The summed E-state index contributed by atoms with van der Waals surface area (Å²) in [5.41, 5.74) is 0.721. The van der Waals surface area contributed by atoms with Crippen molar-refractivity contribution in [2.24, 2.45) is 0 Å². The van der Waals surface area contributed by atoms with Crippen LogP contribution in [-0.4, -0.2) is 48.3 Å². The molecule has 1 fully saturated rings. The maximum absolute atomic E-state index is 12.1. The van der Waals surface area contributed by atoms with Crippen LogP contribution in [0.5, 0.6) is 0 Å². The van der Waals surface area contributed by atoms with Gasteiger partial charge in [0.05, 0.1) is 25.9 Å². The normalized spacial score (nSPS) is 19.6. The van der Waals surface area contributed by atoms with Gasteiger partial charge in [0, 0.05) is 22.7 Å². The molecule has 1 heterocycles. The maximum atomic E-state index is 12.1. The molecule has 1 aliphatic rings. The van der Waals surface area contributed by atoms with Crippen LogP contribution < -0.4 is 0 Å². The average molecular weight is 316 g/mol. The van der Waals surface area contributed by atoms with Crippen LogP contribution in [0.15, 0.2) is 24.3 Å². The number of morpholine rings is 1. The molecule has 0 bridgehead atoms. The first-order valence-corrected chi connectivity index (χ1v) is 6.99. The SMILES string of the molecule is O=C(/C=C/c1ccc(Cl)cc1Cl)N1CCOCC1CO. The van der Waals surface area contributed by atoms with E-state index < -0.39 is 0 Å². The van der Waals surface area contributed by atoms with Crippen LogP contribution in [0.3, 0.4) is 0 Å². The van der Waals surface area contributed by atoms with Gasteiger partial charge in [-0.2, -0.15) is 0 Å². The number of carbonyl (C=O) groups excluding carboxylic acids is 1. The molecule has 1 N–H and O–H groups in total. The number of rotatable bonds is 3. The Morgan fingerprint density at radius 3 is 3.00 bits per heavy atom. The number of aliphatic hydroxyl groups is 1. The molecule has 0 spiro atoms. The van der Waals surface area contributed by atoms with Crippen molar-refractivity contribution in [2.75, 3.05) is 26.4 Å². The second-order valence-corrected chi connectivity index (χ2v) is 5.29. The molecule has 1 saturated heterocycles. The third-order valence-electron chi connectivity index (χ3n) is 3.09. The zero-order valence-electron chi connectivity index (χ0n) is 10.8. The van der Waals surface area contributed by atoms with Crippen molar-refractivity contribution in [3.63, 3.8) is 0 Å². The molecule has 1 aromatic carbocycles. The molecular formula is C14H15Cl2NO3. The van der Waals surface area contributed by atoms with Crippen LogP contribution >= 0.6 is 23.2 Å². The highest BCUT2D eigenvalue weighted by Crippen LogP contribution is 2.22. The van der Waals surface area contributed by atoms with Crippen molar-refractivity contribution in [1.82, 2.24) is 4.90 Å². The topological polar surface area (TPSA) is 49.8 Å². The number of nitrogens with zero attached hydrogens (tertiary/aromatic N) is 1. The molecule has 20 heavy (non-hydrogen) atoms. The molecule has 2 rings (SSSR count). The number of amides is 1. The van der Waals surface area contributed by atoms with Gasteiger partial charge < -0.3 is 14.7 Å². The first kappa shape index (κ1) is 15.3. The Labute approximate surface area is 127 Å². The van der Waals surface area contributed by atoms with Gasteiger partial charge in [0.1, 0.15) is 0 Å². The van der Waals surface area contributed by atoms with E-state index in [0.29, 0.717) is 29.8 Å². The number of halogens is 2. The van der Waals surface area contributed by atoms with Gasteiger partial charge in [-0.25, -0.2) is 0 Å². The molecule has 108 valence electrons. The summed E-state index contributed by atoms with van der Waals surface area (Å²) in [4.78, 5) is 13.7. The minimum Gasteiger partial charge on any atom is -0.394 e. The molecule has 6 heteroatoms. The number of ether oxygens (including phenoxy) is 1. The van der Waals surface area contributed by atoms with Gasteiger partial charge in [-0.3, -0.25) is 4.79 Å². The van der Waals surface area contributed by atoms with Gasteiger partial charge in [-0.15, -0.1) is 0 Å². The van der Waals surface area contributed by atoms with Crippen LogP contribution in [0.4, 0.5) is 0 Å². The lowest BCUT2D eigenvalue weighted by molar-refractivity contribution is -0.136. The fourth-order valence-corrected chi connectivity index (χ4v) is 2.46. The van der Waals surface area contributed by atoms with Crippen molar-refractivity contribution in [3.8, 4) is 0 Å². The smallest absolute Gasteiger partial charge is 0.247 e. The van der Waals surface area contributed by atoms with Crippen LogP contribution in [-0.2, 0) is 9.53 Å². The average Bonchev–Trinajstić information content (AvgIpc) is 2.46. The lowest BCUT2D eigenvalue weighted by Crippen LogP contribution is -2.49. The van der Waals surface area contributed by atoms with E-state index in [4.69, 9.17) is 27.9 Å². The van der Waals surface area contributed by atoms with Gasteiger partial charge >= 0.3 is 0 Å². The van der Waals surface area contributed by atoms with Crippen molar-refractivity contribution >= 4 is 35.2 Å². The van der Waals surface area contributed by atoms with E-state index in [1.807, 2.05) is 0 Å². The Morgan fingerprint density at radius 2 is 2.30 bits per heavy atom. The van der Waals surface area contributed by atoms with Crippen LogP contribution in [0.25, 0.3) is 6.08 Å². The summed E-state index contributed by atoms with van der Waals surface area (Å²) < 4.78 is 5.23. The zero-order valence-corrected chi connectivity index (χ0v) is 12.3. The van der Waals surface area contributed by atoms with Crippen LogP contribution in [0, 0.1) is 0 Å². The first-order valence-electron chi connectivity index (χ1n) is 6.24. The van der Waals surface area contributed by atoms with Gasteiger partial charge in [0.25, 0.3) is 0 Å². The molecule has 1 unspecified atom stereocenters. The van der Waals surface area contributed by atoms with E-state index in [-0.39, 0.29) is 18.6 Å². The summed E-state index contributed by atoms with van der Waals surface area (Å²) in [5, 5.41) is 10.3. The summed E-state index contributed by atoms with van der Waals surface area (Å²) >= 11 is 11.8. The van der Waals surface area contributed by atoms with Crippen molar-refractivity contribution < 1.29 is 14.6 Å². The minimum absolute atomic E-state index is 0.110. The van der Waals surface area contributed by atoms with Gasteiger partial charge in [-0.05, 0) is 23.8 Å². The quantitative estimate of drug-likeness (QED) is 0.870. The summed E-state index contributed by atoms with van der Waals surface area (Å²) in [7, 11) is 0. The standard InChI is InChI=1S/C14H15Cl2NO3/c15-11-3-1-10(13(16)7-11)2-4-14(19)17-5-6-20-9-12(17)8-18/h1-4,7,12,18H,5-6,8-9H2/b4-2+. The number of hydrogen-bond acceptors (Lipinski definition) is 3. The van der Waals surface area contributed by atoms with Crippen LogP contribution in [0.1, 0.15) is 5.56 Å². The third-order valence-corrected chi connectivity index (χ3v) is 3.65. The lowest BCUT2D eigenvalue weighted by atomic mass is 10.2. The monoisotopic (exact) mass is 315 g/mol. The Morgan fingerprint density at radius 1 is 1.50 bits per heavy atom. The fraction of sp³-hybridized carbons (Fsp3) is 0.357. The van der Waals surface area contributed by atoms with Crippen LogP contribution in [0.2, 0.25) is 10.0 Å².